The third-order valence-corrected chi connectivity index (χ3v) is 4.74. The molecule has 1 heterocycles. The first-order valence-corrected chi connectivity index (χ1v) is 9.95. The molecule has 2 aromatic carbocycles. The molecule has 140 valence electrons. The number of nitrogens with one attached hydrogen (secondary N) is 1. The number of carbonyl (C=O) groups is 1. The van der Waals surface area contributed by atoms with Gasteiger partial charge in [0.2, 0.25) is 5.89 Å². The maximum atomic E-state index is 12.4. The summed E-state index contributed by atoms with van der Waals surface area (Å²) >= 11 is 0. The van der Waals surface area contributed by atoms with Crippen LogP contribution in [0.5, 0.6) is 5.75 Å². The summed E-state index contributed by atoms with van der Waals surface area (Å²) in [6, 6.07) is 12.8. The molecule has 1 amide bonds. The fraction of sp³-hybridized carbons (Fsp3) is 0.167. The van der Waals surface area contributed by atoms with E-state index in [1.54, 1.807) is 36.4 Å². The quantitative estimate of drug-likeness (QED) is 0.692. The summed E-state index contributed by atoms with van der Waals surface area (Å²) in [6.07, 6.45) is 1.04. The Labute approximate surface area is 156 Å². The number of sulfone groups is 1. The highest BCUT2D eigenvalue weighted by Crippen LogP contribution is 2.23. The second kappa shape index (κ2) is 7.58. The Morgan fingerprint density at radius 3 is 2.48 bits per heavy atom. The third-order valence-electron chi connectivity index (χ3n) is 3.59. The van der Waals surface area contributed by atoms with Crippen molar-refractivity contribution in [3.63, 3.8) is 0 Å². The van der Waals surface area contributed by atoms with E-state index in [0.29, 0.717) is 17.9 Å². The summed E-state index contributed by atoms with van der Waals surface area (Å²) in [5.74, 6) is 0.273. The van der Waals surface area contributed by atoms with E-state index in [-0.39, 0.29) is 22.4 Å². The van der Waals surface area contributed by atoms with Crippen LogP contribution in [0.15, 0.2) is 57.8 Å². The molecular formula is C18H17N3O5S. The summed E-state index contributed by atoms with van der Waals surface area (Å²) in [6.45, 7) is 2.45. The molecule has 0 saturated heterocycles. The number of hydrogen-bond donors (Lipinski definition) is 1. The smallest absolute Gasteiger partial charge is 0.322 e. The highest BCUT2D eigenvalue weighted by molar-refractivity contribution is 7.90. The summed E-state index contributed by atoms with van der Waals surface area (Å²) in [5, 5.41) is 10.1. The lowest BCUT2D eigenvalue weighted by atomic mass is 10.2. The number of rotatable bonds is 6. The zero-order chi connectivity index (χ0) is 19.4. The minimum atomic E-state index is -3.56. The topological polar surface area (TPSA) is 111 Å². The van der Waals surface area contributed by atoms with Gasteiger partial charge in [-0.1, -0.05) is 17.2 Å². The van der Waals surface area contributed by atoms with E-state index < -0.39 is 15.7 Å². The van der Waals surface area contributed by atoms with Crippen LogP contribution < -0.4 is 10.1 Å². The average molecular weight is 387 g/mol. The predicted molar refractivity (Wildman–Crippen MR) is 98.4 cm³/mol. The Morgan fingerprint density at radius 1 is 1.11 bits per heavy atom. The summed E-state index contributed by atoms with van der Waals surface area (Å²) in [4.78, 5) is 12.3. The lowest BCUT2D eigenvalue weighted by molar-refractivity contribution is 0.102. The van der Waals surface area contributed by atoms with Gasteiger partial charge in [0.15, 0.2) is 9.84 Å². The van der Waals surface area contributed by atoms with E-state index in [4.69, 9.17) is 9.15 Å². The van der Waals surface area contributed by atoms with Gasteiger partial charge < -0.3 is 9.15 Å². The molecule has 0 aliphatic heterocycles. The molecular weight excluding hydrogens is 370 g/mol. The van der Waals surface area contributed by atoms with Gasteiger partial charge in [-0.2, -0.15) is 0 Å². The van der Waals surface area contributed by atoms with Crippen molar-refractivity contribution >= 4 is 21.8 Å². The predicted octanol–water partition coefficient (Wildman–Crippen LogP) is 2.79. The highest BCUT2D eigenvalue weighted by atomic mass is 32.2. The van der Waals surface area contributed by atoms with Crippen LogP contribution in [-0.4, -0.2) is 37.4 Å². The lowest BCUT2D eigenvalue weighted by Crippen LogP contribution is -2.16. The van der Waals surface area contributed by atoms with Crippen molar-refractivity contribution < 1.29 is 22.4 Å². The molecule has 3 aromatic rings. The van der Waals surface area contributed by atoms with E-state index in [2.05, 4.69) is 15.5 Å². The highest BCUT2D eigenvalue weighted by Gasteiger charge is 2.20. The minimum Gasteiger partial charge on any atom is -0.494 e. The van der Waals surface area contributed by atoms with Gasteiger partial charge in [0.25, 0.3) is 5.91 Å². The second-order valence-electron chi connectivity index (χ2n) is 5.59. The van der Waals surface area contributed by atoms with Crippen molar-refractivity contribution in [2.24, 2.45) is 0 Å². The molecule has 1 aromatic heterocycles. The average Bonchev–Trinajstić information content (AvgIpc) is 3.10. The number of hydrogen-bond acceptors (Lipinski definition) is 7. The van der Waals surface area contributed by atoms with Gasteiger partial charge in [-0.15, -0.1) is 5.10 Å². The number of carbonyl (C=O) groups excluding carboxylic acids is 1. The Morgan fingerprint density at radius 2 is 1.81 bits per heavy atom. The number of amides is 1. The van der Waals surface area contributed by atoms with E-state index >= 15 is 0 Å². The molecule has 0 bridgehead atoms. The standard InChI is InChI=1S/C18H17N3O5S/c1-3-25-13-10-8-12(9-11-13)17-20-21-18(26-17)19-16(22)14-6-4-5-7-15(14)27(2,23)24/h4-11H,3H2,1-2H3,(H,19,21,22). The first-order chi connectivity index (χ1) is 12.9. The SMILES string of the molecule is CCOc1ccc(-c2nnc(NC(=O)c3ccccc3S(C)(=O)=O)o2)cc1. The van der Waals surface area contributed by atoms with Gasteiger partial charge in [0.1, 0.15) is 5.75 Å². The molecule has 0 radical (unpaired) electrons. The number of ether oxygens (including phenoxy) is 1. The van der Waals surface area contributed by atoms with Crippen molar-refractivity contribution in [1.29, 1.82) is 0 Å². The third kappa shape index (κ3) is 4.32. The van der Waals surface area contributed by atoms with Gasteiger partial charge >= 0.3 is 6.01 Å². The number of benzene rings is 2. The Hall–Kier alpha value is -3.20. The van der Waals surface area contributed by atoms with Gasteiger partial charge in [0.05, 0.1) is 17.1 Å². The monoisotopic (exact) mass is 387 g/mol. The summed E-state index contributed by atoms with van der Waals surface area (Å²) in [5.41, 5.74) is 0.656. The second-order valence-corrected chi connectivity index (χ2v) is 7.58. The van der Waals surface area contributed by atoms with Gasteiger partial charge in [-0.05, 0) is 43.3 Å². The van der Waals surface area contributed by atoms with Crippen LogP contribution in [0.4, 0.5) is 6.01 Å². The number of anilines is 1. The van der Waals surface area contributed by atoms with Crippen molar-refractivity contribution in [2.45, 2.75) is 11.8 Å². The van der Waals surface area contributed by atoms with E-state index in [0.717, 1.165) is 6.26 Å². The van der Waals surface area contributed by atoms with E-state index in [9.17, 15) is 13.2 Å². The zero-order valence-corrected chi connectivity index (χ0v) is 15.5. The van der Waals surface area contributed by atoms with Crippen LogP contribution in [-0.2, 0) is 9.84 Å². The molecule has 9 heteroatoms. The van der Waals surface area contributed by atoms with Crippen LogP contribution in [0.25, 0.3) is 11.5 Å². The van der Waals surface area contributed by atoms with Crippen LogP contribution in [0.2, 0.25) is 0 Å². The van der Waals surface area contributed by atoms with Gasteiger partial charge in [-0.3, -0.25) is 10.1 Å². The summed E-state index contributed by atoms with van der Waals surface area (Å²) in [7, 11) is -3.56. The van der Waals surface area contributed by atoms with Gasteiger partial charge in [-0.25, -0.2) is 8.42 Å². The number of nitrogens with zero attached hydrogens (tertiary/aromatic N) is 2. The first kappa shape index (κ1) is 18.6. The maximum Gasteiger partial charge on any atom is 0.322 e. The van der Waals surface area contributed by atoms with Crippen LogP contribution in [0.1, 0.15) is 17.3 Å². The molecule has 27 heavy (non-hydrogen) atoms. The first-order valence-electron chi connectivity index (χ1n) is 8.05. The molecule has 0 saturated carbocycles. The molecule has 8 nitrogen and oxygen atoms in total. The van der Waals surface area contributed by atoms with E-state index in [1.807, 2.05) is 6.92 Å². The molecule has 0 aliphatic carbocycles. The fourth-order valence-electron chi connectivity index (χ4n) is 2.39. The van der Waals surface area contributed by atoms with Crippen LogP contribution in [0, 0.1) is 0 Å². The molecule has 0 spiro atoms. The van der Waals surface area contributed by atoms with Crippen molar-refractivity contribution in [2.75, 3.05) is 18.2 Å². The fourth-order valence-corrected chi connectivity index (χ4v) is 3.28. The Kier molecular flexibility index (Phi) is 5.22. The van der Waals surface area contributed by atoms with Gasteiger partial charge in [0, 0.05) is 11.8 Å². The zero-order valence-electron chi connectivity index (χ0n) is 14.7. The normalized spacial score (nSPS) is 11.2. The summed E-state index contributed by atoms with van der Waals surface area (Å²) < 4.78 is 34.5. The minimum absolute atomic E-state index is 0.000757. The Balaban J connectivity index is 1.79. The van der Waals surface area contributed by atoms with Crippen LogP contribution in [0.3, 0.4) is 0 Å². The lowest BCUT2D eigenvalue weighted by Gasteiger charge is -2.06. The van der Waals surface area contributed by atoms with Crippen molar-refractivity contribution in [3.05, 3.63) is 54.1 Å². The molecule has 0 unspecified atom stereocenters. The largest absolute Gasteiger partial charge is 0.494 e. The molecule has 0 fully saturated rings. The molecule has 3 rings (SSSR count). The maximum absolute atomic E-state index is 12.4. The Bertz CT molecular complexity index is 1060. The van der Waals surface area contributed by atoms with Crippen LogP contribution >= 0.6 is 0 Å². The van der Waals surface area contributed by atoms with E-state index in [1.165, 1.54) is 12.1 Å². The molecule has 0 atom stereocenters. The number of aromatic nitrogens is 2. The van der Waals surface area contributed by atoms with Crippen molar-refractivity contribution in [3.8, 4) is 17.2 Å². The van der Waals surface area contributed by atoms with Crippen molar-refractivity contribution in [1.82, 2.24) is 10.2 Å². The molecule has 1 N–H and O–H groups in total. The molecule has 0 aliphatic rings.